The Hall–Kier alpha value is -1.72. The average molecular weight is 326 g/mol. The maximum absolute atomic E-state index is 6.16. The van der Waals surface area contributed by atoms with Crippen LogP contribution in [0.1, 0.15) is 18.5 Å². The van der Waals surface area contributed by atoms with Crippen LogP contribution in [0, 0.1) is 0 Å². The summed E-state index contributed by atoms with van der Waals surface area (Å²) in [6.45, 7) is 3.21. The van der Waals surface area contributed by atoms with Crippen LogP contribution in [-0.2, 0) is 6.54 Å². The molecule has 1 unspecified atom stereocenters. The molecule has 112 valence electrons. The van der Waals surface area contributed by atoms with Crippen molar-refractivity contribution in [3.8, 4) is 0 Å². The number of guanidine groups is 1. The first-order valence-electron chi connectivity index (χ1n) is 6.55. The fourth-order valence-electron chi connectivity index (χ4n) is 1.90. The van der Waals surface area contributed by atoms with Gasteiger partial charge in [0.15, 0.2) is 5.96 Å². The molecule has 3 N–H and O–H groups in total. The molecule has 0 amide bonds. The summed E-state index contributed by atoms with van der Waals surface area (Å²) in [4.78, 5) is 4.27. The van der Waals surface area contributed by atoms with Crippen LogP contribution in [0.15, 0.2) is 41.7 Å². The van der Waals surface area contributed by atoms with Crippen molar-refractivity contribution >= 4 is 29.2 Å². The smallest absolute Gasteiger partial charge is 0.189 e. The van der Waals surface area contributed by atoms with Crippen LogP contribution >= 0.6 is 23.2 Å². The zero-order chi connectivity index (χ0) is 15.2. The first-order valence-corrected chi connectivity index (χ1v) is 7.30. The lowest BCUT2D eigenvalue weighted by atomic mass is 10.1. The molecule has 1 aromatic heterocycles. The van der Waals surface area contributed by atoms with Gasteiger partial charge in [-0.1, -0.05) is 29.3 Å². The van der Waals surface area contributed by atoms with Crippen LogP contribution in [0.4, 0.5) is 0 Å². The summed E-state index contributed by atoms with van der Waals surface area (Å²) < 4.78 is 1.80. The topological polar surface area (TPSA) is 68.2 Å². The molecule has 0 aliphatic heterocycles. The van der Waals surface area contributed by atoms with Gasteiger partial charge < -0.3 is 11.1 Å². The third-order valence-corrected chi connectivity index (χ3v) is 3.53. The van der Waals surface area contributed by atoms with E-state index >= 15 is 0 Å². The standard InChI is InChI=1S/C14H17Cl2N5/c1-10(12-4-3-11(15)9-13(12)16)20-14(17)18-6-8-21-7-2-5-19-21/h2-5,7,9-10H,6,8H2,1H3,(H3,17,18,20). The Balaban J connectivity index is 1.90. The van der Waals surface area contributed by atoms with Gasteiger partial charge in [-0.05, 0) is 30.7 Å². The lowest BCUT2D eigenvalue weighted by molar-refractivity contribution is 0.621. The van der Waals surface area contributed by atoms with Gasteiger partial charge in [-0.15, -0.1) is 0 Å². The van der Waals surface area contributed by atoms with Gasteiger partial charge in [-0.3, -0.25) is 9.67 Å². The van der Waals surface area contributed by atoms with Gasteiger partial charge in [0.1, 0.15) is 0 Å². The van der Waals surface area contributed by atoms with Crippen LogP contribution < -0.4 is 11.1 Å². The lowest BCUT2D eigenvalue weighted by Gasteiger charge is -2.16. The highest BCUT2D eigenvalue weighted by atomic mass is 35.5. The number of aromatic nitrogens is 2. The predicted molar refractivity (Wildman–Crippen MR) is 86.7 cm³/mol. The van der Waals surface area contributed by atoms with Crippen molar-refractivity contribution in [2.45, 2.75) is 19.5 Å². The molecule has 7 heteroatoms. The highest BCUT2D eigenvalue weighted by Crippen LogP contribution is 2.25. The molecule has 1 heterocycles. The van der Waals surface area contributed by atoms with E-state index in [0.29, 0.717) is 29.1 Å². The third kappa shape index (κ3) is 4.65. The molecule has 0 saturated heterocycles. The zero-order valence-electron chi connectivity index (χ0n) is 11.6. The molecule has 0 radical (unpaired) electrons. The number of hydrogen-bond donors (Lipinski definition) is 2. The van der Waals surface area contributed by atoms with Crippen molar-refractivity contribution in [2.75, 3.05) is 6.54 Å². The summed E-state index contributed by atoms with van der Waals surface area (Å²) in [6, 6.07) is 7.20. The largest absolute Gasteiger partial charge is 0.370 e. The first kappa shape index (κ1) is 15.7. The minimum absolute atomic E-state index is 0.0526. The van der Waals surface area contributed by atoms with Crippen LogP contribution in [0.25, 0.3) is 0 Å². The Labute approximate surface area is 133 Å². The number of nitrogens with one attached hydrogen (secondary N) is 1. The van der Waals surface area contributed by atoms with E-state index in [1.54, 1.807) is 23.0 Å². The minimum Gasteiger partial charge on any atom is -0.370 e. The predicted octanol–water partition coefficient (Wildman–Crippen LogP) is 2.86. The van der Waals surface area contributed by atoms with Gasteiger partial charge in [0.05, 0.1) is 19.1 Å². The van der Waals surface area contributed by atoms with Gasteiger partial charge in [0.2, 0.25) is 0 Å². The molecule has 5 nitrogen and oxygen atoms in total. The SMILES string of the molecule is CC(NC(N)=NCCn1cccn1)c1ccc(Cl)cc1Cl. The van der Waals surface area contributed by atoms with E-state index in [2.05, 4.69) is 15.4 Å². The molecule has 0 saturated carbocycles. The summed E-state index contributed by atoms with van der Waals surface area (Å²) in [6.07, 6.45) is 3.62. The van der Waals surface area contributed by atoms with E-state index in [1.807, 2.05) is 25.3 Å². The monoisotopic (exact) mass is 325 g/mol. The Bertz CT molecular complexity index is 610. The lowest BCUT2D eigenvalue weighted by Crippen LogP contribution is -2.34. The maximum atomic E-state index is 6.16. The second-order valence-electron chi connectivity index (χ2n) is 4.57. The Morgan fingerprint density at radius 3 is 2.95 bits per heavy atom. The molecule has 21 heavy (non-hydrogen) atoms. The average Bonchev–Trinajstić information content (AvgIpc) is 2.91. The Kier molecular flexibility index (Phi) is 5.47. The van der Waals surface area contributed by atoms with E-state index in [9.17, 15) is 0 Å². The number of aliphatic imine (C=N–C) groups is 1. The number of hydrogen-bond acceptors (Lipinski definition) is 2. The summed E-state index contributed by atoms with van der Waals surface area (Å²) in [5, 5.41) is 8.42. The van der Waals surface area contributed by atoms with E-state index in [-0.39, 0.29) is 6.04 Å². The van der Waals surface area contributed by atoms with Crippen molar-refractivity contribution in [1.82, 2.24) is 15.1 Å². The van der Waals surface area contributed by atoms with Gasteiger partial charge in [-0.2, -0.15) is 5.10 Å². The Morgan fingerprint density at radius 1 is 1.48 bits per heavy atom. The van der Waals surface area contributed by atoms with Crippen LogP contribution in [0.3, 0.4) is 0 Å². The molecule has 2 aromatic rings. The highest BCUT2D eigenvalue weighted by Gasteiger charge is 2.10. The number of rotatable bonds is 5. The number of halogens is 2. The molecule has 2 rings (SSSR count). The van der Waals surface area contributed by atoms with Crippen LogP contribution in [0.2, 0.25) is 10.0 Å². The molecule has 1 aromatic carbocycles. The highest BCUT2D eigenvalue weighted by molar-refractivity contribution is 6.35. The van der Waals surface area contributed by atoms with Crippen molar-refractivity contribution in [3.05, 3.63) is 52.3 Å². The van der Waals surface area contributed by atoms with Gasteiger partial charge >= 0.3 is 0 Å². The molecule has 1 atom stereocenters. The van der Waals surface area contributed by atoms with E-state index in [0.717, 1.165) is 5.56 Å². The summed E-state index contributed by atoms with van der Waals surface area (Å²) in [5.74, 6) is 0.376. The molecular formula is C14H17Cl2N5. The quantitative estimate of drug-likeness (QED) is 0.656. The van der Waals surface area contributed by atoms with Crippen LogP contribution in [0.5, 0.6) is 0 Å². The second kappa shape index (κ2) is 7.33. The molecule has 0 aliphatic rings. The normalized spacial score (nSPS) is 13.2. The van der Waals surface area contributed by atoms with Gasteiger partial charge in [0.25, 0.3) is 0 Å². The number of nitrogens with zero attached hydrogens (tertiary/aromatic N) is 3. The fraction of sp³-hybridized carbons (Fsp3) is 0.286. The molecule has 0 fully saturated rings. The summed E-state index contributed by atoms with van der Waals surface area (Å²) in [7, 11) is 0. The third-order valence-electron chi connectivity index (χ3n) is 2.96. The summed E-state index contributed by atoms with van der Waals surface area (Å²) >= 11 is 12.0. The number of benzene rings is 1. The van der Waals surface area contributed by atoms with Crippen molar-refractivity contribution in [1.29, 1.82) is 0 Å². The van der Waals surface area contributed by atoms with Crippen molar-refractivity contribution < 1.29 is 0 Å². The Morgan fingerprint density at radius 2 is 2.29 bits per heavy atom. The minimum atomic E-state index is -0.0526. The molecule has 0 aliphatic carbocycles. The van der Waals surface area contributed by atoms with E-state index in [4.69, 9.17) is 28.9 Å². The molecular weight excluding hydrogens is 309 g/mol. The van der Waals surface area contributed by atoms with Gasteiger partial charge in [0, 0.05) is 22.4 Å². The molecule has 0 spiro atoms. The first-order chi connectivity index (χ1) is 10.1. The summed E-state index contributed by atoms with van der Waals surface area (Å²) in [5.41, 5.74) is 6.79. The zero-order valence-corrected chi connectivity index (χ0v) is 13.1. The van der Waals surface area contributed by atoms with Crippen molar-refractivity contribution in [2.24, 2.45) is 10.7 Å². The number of nitrogens with two attached hydrogens (primary N) is 1. The van der Waals surface area contributed by atoms with Gasteiger partial charge in [-0.25, -0.2) is 0 Å². The van der Waals surface area contributed by atoms with Crippen LogP contribution in [-0.4, -0.2) is 22.3 Å². The van der Waals surface area contributed by atoms with Crippen molar-refractivity contribution in [3.63, 3.8) is 0 Å². The molecule has 0 bridgehead atoms. The van der Waals surface area contributed by atoms with E-state index in [1.165, 1.54) is 0 Å². The maximum Gasteiger partial charge on any atom is 0.189 e. The second-order valence-corrected chi connectivity index (χ2v) is 5.41. The van der Waals surface area contributed by atoms with E-state index < -0.39 is 0 Å². The fourth-order valence-corrected chi connectivity index (χ4v) is 2.48.